The van der Waals surface area contributed by atoms with Gasteiger partial charge in [0, 0.05) is 18.7 Å². The van der Waals surface area contributed by atoms with Gasteiger partial charge in [-0.15, -0.1) is 0 Å². The zero-order valence-corrected chi connectivity index (χ0v) is 10.2. The van der Waals surface area contributed by atoms with Crippen molar-refractivity contribution in [3.8, 4) is 6.07 Å². The molecule has 6 heteroatoms. The van der Waals surface area contributed by atoms with Crippen molar-refractivity contribution >= 4 is 17.6 Å². The van der Waals surface area contributed by atoms with Gasteiger partial charge in [0.1, 0.15) is 5.82 Å². The molecular weight excluding hydrogens is 251 g/mol. The highest BCUT2D eigenvalue weighted by Gasteiger charge is 2.36. The van der Waals surface area contributed by atoms with E-state index in [0.29, 0.717) is 0 Å². The maximum Gasteiger partial charge on any atom is 0.311 e. The van der Waals surface area contributed by atoms with Crippen LogP contribution in [0.15, 0.2) is 18.2 Å². The van der Waals surface area contributed by atoms with Crippen molar-refractivity contribution in [2.24, 2.45) is 5.92 Å². The molecule has 0 aliphatic carbocycles. The van der Waals surface area contributed by atoms with Crippen LogP contribution in [0.4, 0.5) is 10.1 Å². The van der Waals surface area contributed by atoms with Crippen LogP contribution in [0.1, 0.15) is 12.0 Å². The van der Waals surface area contributed by atoms with Gasteiger partial charge in [-0.2, -0.15) is 5.26 Å². The van der Waals surface area contributed by atoms with Crippen LogP contribution >= 0.6 is 0 Å². The summed E-state index contributed by atoms with van der Waals surface area (Å²) in [7, 11) is 1.26. The highest BCUT2D eigenvalue weighted by molar-refractivity contribution is 5.99. The Kier molecular flexibility index (Phi) is 3.47. The number of halogens is 1. The van der Waals surface area contributed by atoms with Crippen LogP contribution in [0.25, 0.3) is 0 Å². The standard InChI is InChI=1S/C13H11FN2O3/c1-19-13(18)9-4-12(17)16(7-9)11-3-8(6-15)2-10(14)5-11/h2-3,5,9H,4,7H2,1H3/t9-/m0/s1. The summed E-state index contributed by atoms with van der Waals surface area (Å²) in [4.78, 5) is 24.5. The van der Waals surface area contributed by atoms with Crippen LogP contribution in [0.3, 0.4) is 0 Å². The lowest BCUT2D eigenvalue weighted by molar-refractivity contribution is -0.145. The Morgan fingerprint density at radius 3 is 2.89 bits per heavy atom. The molecule has 0 radical (unpaired) electrons. The van der Waals surface area contributed by atoms with Crippen molar-refractivity contribution in [3.63, 3.8) is 0 Å². The van der Waals surface area contributed by atoms with Gasteiger partial charge in [-0.1, -0.05) is 0 Å². The third kappa shape index (κ3) is 2.55. The predicted octanol–water partition coefficient (Wildman–Crippen LogP) is 1.22. The summed E-state index contributed by atoms with van der Waals surface area (Å²) < 4.78 is 17.9. The van der Waals surface area contributed by atoms with Gasteiger partial charge in [-0.25, -0.2) is 4.39 Å². The molecule has 1 saturated heterocycles. The normalized spacial score (nSPS) is 18.3. The zero-order chi connectivity index (χ0) is 14.0. The van der Waals surface area contributed by atoms with Crippen molar-refractivity contribution < 1.29 is 18.7 Å². The first-order chi connectivity index (χ1) is 9.05. The predicted molar refractivity (Wildman–Crippen MR) is 63.6 cm³/mol. The number of benzene rings is 1. The highest BCUT2D eigenvalue weighted by atomic mass is 19.1. The quantitative estimate of drug-likeness (QED) is 0.751. The average molecular weight is 262 g/mol. The molecule has 0 unspecified atom stereocenters. The monoisotopic (exact) mass is 262 g/mol. The molecule has 1 aromatic rings. The van der Waals surface area contributed by atoms with E-state index in [-0.39, 0.29) is 30.1 Å². The molecule has 1 amide bonds. The second-order valence-corrected chi connectivity index (χ2v) is 4.24. The fraction of sp³-hybridized carbons (Fsp3) is 0.308. The number of hydrogen-bond donors (Lipinski definition) is 0. The fourth-order valence-corrected chi connectivity index (χ4v) is 2.08. The number of ether oxygens (including phenoxy) is 1. The van der Waals surface area contributed by atoms with Crippen molar-refractivity contribution in [1.29, 1.82) is 5.26 Å². The lowest BCUT2D eigenvalue weighted by Crippen LogP contribution is -2.26. The van der Waals surface area contributed by atoms with E-state index in [1.54, 1.807) is 0 Å². The Balaban J connectivity index is 2.28. The summed E-state index contributed by atoms with van der Waals surface area (Å²) in [5.41, 5.74) is 0.414. The number of methoxy groups -OCH3 is 1. The summed E-state index contributed by atoms with van der Waals surface area (Å²) in [6.45, 7) is 0.139. The molecule has 19 heavy (non-hydrogen) atoms. The van der Waals surface area contributed by atoms with Gasteiger partial charge in [0.05, 0.1) is 24.7 Å². The fourth-order valence-electron chi connectivity index (χ4n) is 2.08. The van der Waals surface area contributed by atoms with E-state index in [9.17, 15) is 14.0 Å². The molecule has 98 valence electrons. The van der Waals surface area contributed by atoms with Gasteiger partial charge in [-0.3, -0.25) is 9.59 Å². The first kappa shape index (κ1) is 13.0. The first-order valence-electron chi connectivity index (χ1n) is 5.64. The van der Waals surface area contributed by atoms with Crippen LogP contribution < -0.4 is 4.90 Å². The van der Waals surface area contributed by atoms with E-state index >= 15 is 0 Å². The molecule has 0 N–H and O–H groups in total. The number of carbonyl (C=O) groups excluding carboxylic acids is 2. The van der Waals surface area contributed by atoms with Crippen molar-refractivity contribution in [2.45, 2.75) is 6.42 Å². The van der Waals surface area contributed by atoms with Crippen molar-refractivity contribution in [2.75, 3.05) is 18.6 Å². The van der Waals surface area contributed by atoms with Crippen LogP contribution in [-0.4, -0.2) is 25.5 Å². The highest BCUT2D eigenvalue weighted by Crippen LogP contribution is 2.27. The molecule has 1 aliphatic heterocycles. The minimum Gasteiger partial charge on any atom is -0.469 e. The largest absolute Gasteiger partial charge is 0.469 e. The van der Waals surface area contributed by atoms with E-state index in [1.165, 1.54) is 24.1 Å². The molecule has 1 heterocycles. The van der Waals surface area contributed by atoms with Crippen LogP contribution in [0, 0.1) is 23.1 Å². The van der Waals surface area contributed by atoms with E-state index in [0.717, 1.165) is 6.07 Å². The number of anilines is 1. The lowest BCUT2D eigenvalue weighted by Gasteiger charge is -2.16. The smallest absolute Gasteiger partial charge is 0.311 e. The van der Waals surface area contributed by atoms with E-state index < -0.39 is 17.7 Å². The number of amides is 1. The SMILES string of the molecule is COC(=O)[C@H]1CC(=O)N(c2cc(F)cc(C#N)c2)C1. The number of nitriles is 1. The first-order valence-corrected chi connectivity index (χ1v) is 5.64. The zero-order valence-electron chi connectivity index (χ0n) is 10.2. The number of carbonyl (C=O) groups is 2. The molecule has 0 spiro atoms. The molecule has 0 bridgehead atoms. The molecule has 0 saturated carbocycles. The molecule has 5 nitrogen and oxygen atoms in total. The van der Waals surface area contributed by atoms with E-state index in [2.05, 4.69) is 4.74 Å². The lowest BCUT2D eigenvalue weighted by atomic mass is 10.1. The summed E-state index contributed by atoms with van der Waals surface area (Å²) >= 11 is 0. The maximum absolute atomic E-state index is 13.3. The molecule has 1 atom stereocenters. The number of nitrogens with zero attached hydrogens (tertiary/aromatic N) is 2. The van der Waals surface area contributed by atoms with Gasteiger partial charge in [0.15, 0.2) is 0 Å². The van der Waals surface area contributed by atoms with Crippen molar-refractivity contribution in [3.05, 3.63) is 29.6 Å². The van der Waals surface area contributed by atoms with Crippen LogP contribution in [-0.2, 0) is 14.3 Å². The maximum atomic E-state index is 13.3. The molecule has 0 aromatic heterocycles. The summed E-state index contributed by atoms with van der Waals surface area (Å²) in [6, 6.07) is 5.49. The third-order valence-electron chi connectivity index (χ3n) is 2.98. The molecule has 2 rings (SSSR count). The van der Waals surface area contributed by atoms with Gasteiger partial charge >= 0.3 is 5.97 Å². The van der Waals surface area contributed by atoms with Crippen LogP contribution in [0.5, 0.6) is 0 Å². The second kappa shape index (κ2) is 5.06. The Morgan fingerprint density at radius 1 is 1.53 bits per heavy atom. The van der Waals surface area contributed by atoms with Crippen molar-refractivity contribution in [1.82, 2.24) is 0 Å². The minimum absolute atomic E-state index is 0.0328. The molecular formula is C13H11FN2O3. The molecule has 1 aliphatic rings. The third-order valence-corrected chi connectivity index (χ3v) is 2.98. The molecule has 1 aromatic carbocycles. The summed E-state index contributed by atoms with van der Waals surface area (Å²) in [5.74, 6) is -1.90. The topological polar surface area (TPSA) is 70.4 Å². The second-order valence-electron chi connectivity index (χ2n) is 4.24. The Morgan fingerprint density at radius 2 is 2.26 bits per heavy atom. The van der Waals surface area contributed by atoms with Gasteiger partial charge < -0.3 is 9.64 Å². The number of rotatable bonds is 2. The van der Waals surface area contributed by atoms with Gasteiger partial charge in [-0.05, 0) is 18.2 Å². The Hall–Kier alpha value is -2.42. The number of esters is 1. The van der Waals surface area contributed by atoms with Crippen LogP contribution in [0.2, 0.25) is 0 Å². The summed E-state index contributed by atoms with van der Waals surface area (Å²) in [6.07, 6.45) is 0.0328. The van der Waals surface area contributed by atoms with E-state index in [1.807, 2.05) is 6.07 Å². The Labute approximate surface area is 109 Å². The average Bonchev–Trinajstić information content (AvgIpc) is 2.79. The van der Waals surface area contributed by atoms with E-state index in [4.69, 9.17) is 5.26 Å². The Bertz CT molecular complexity index is 580. The van der Waals surface area contributed by atoms with Gasteiger partial charge in [0.2, 0.25) is 5.91 Å². The minimum atomic E-state index is -0.594. The van der Waals surface area contributed by atoms with Gasteiger partial charge in [0.25, 0.3) is 0 Å². The molecule has 1 fully saturated rings. The summed E-state index contributed by atoms with van der Waals surface area (Å²) in [5, 5.41) is 8.78. The number of hydrogen-bond acceptors (Lipinski definition) is 4.